The summed E-state index contributed by atoms with van der Waals surface area (Å²) in [5, 5.41) is 22.2. The number of aliphatic hydroxyl groups is 1. The van der Waals surface area contributed by atoms with Crippen LogP contribution in [0.1, 0.15) is 38.9 Å². The van der Waals surface area contributed by atoms with E-state index in [1.807, 2.05) is 0 Å². The van der Waals surface area contributed by atoms with Crippen LogP contribution in [0.15, 0.2) is 12.4 Å². The number of hydrogen-bond donors (Lipinski definition) is 3. The molecule has 0 bridgehead atoms. The Bertz CT molecular complexity index is 608. The number of halogens is 2. The summed E-state index contributed by atoms with van der Waals surface area (Å²) in [6.07, 6.45) is 0.420. The third-order valence-corrected chi connectivity index (χ3v) is 9.80. The number of aromatic nitrogens is 1. The van der Waals surface area contributed by atoms with Crippen LogP contribution in [0, 0.1) is 0 Å². The molecule has 0 radical (unpaired) electrons. The van der Waals surface area contributed by atoms with Crippen molar-refractivity contribution < 1.29 is 19.4 Å². The molecule has 1 aromatic heterocycles. The van der Waals surface area contributed by atoms with Crippen molar-refractivity contribution >= 4 is 37.6 Å². The van der Waals surface area contributed by atoms with Crippen molar-refractivity contribution in [3.8, 4) is 0 Å². The monoisotopic (exact) mass is 408 g/mol. The average Bonchev–Trinajstić information content (AvgIpc) is 2.46. The highest BCUT2D eigenvalue weighted by Gasteiger charge is 2.39. The second kappa shape index (κ2) is 8.68. The Kier molecular flexibility index (Phi) is 7.70. The number of carbonyl (C=O) groups is 1. The Morgan fingerprint density at radius 2 is 1.96 bits per heavy atom. The maximum atomic E-state index is 10.9. The summed E-state index contributed by atoms with van der Waals surface area (Å²) in [5.41, 5.74) is 0.397. The van der Waals surface area contributed by atoms with Crippen LogP contribution in [-0.4, -0.2) is 42.3 Å². The summed E-state index contributed by atoms with van der Waals surface area (Å²) in [7, 11) is -2.15. The molecule has 0 saturated heterocycles. The molecular formula is C16H26Cl2N2O4Si. The van der Waals surface area contributed by atoms with Crippen LogP contribution in [0.5, 0.6) is 0 Å². The van der Waals surface area contributed by atoms with Gasteiger partial charge < -0.3 is 20.0 Å². The number of pyridine rings is 1. The van der Waals surface area contributed by atoms with Crippen LogP contribution in [0.4, 0.5) is 4.79 Å². The Hall–Kier alpha value is -0.863. The molecule has 3 N–H and O–H groups in total. The summed E-state index contributed by atoms with van der Waals surface area (Å²) >= 11 is 12.1. The molecule has 0 aliphatic rings. The predicted octanol–water partition coefficient (Wildman–Crippen LogP) is 4.47. The van der Waals surface area contributed by atoms with E-state index in [9.17, 15) is 9.90 Å². The third kappa shape index (κ3) is 6.42. The van der Waals surface area contributed by atoms with Crippen LogP contribution < -0.4 is 5.32 Å². The summed E-state index contributed by atoms with van der Waals surface area (Å²) in [4.78, 5) is 14.8. The van der Waals surface area contributed by atoms with E-state index in [0.717, 1.165) is 0 Å². The largest absolute Gasteiger partial charge is 0.465 e. The van der Waals surface area contributed by atoms with E-state index in [1.54, 1.807) is 0 Å². The van der Waals surface area contributed by atoms with Gasteiger partial charge >= 0.3 is 6.09 Å². The van der Waals surface area contributed by atoms with Gasteiger partial charge in [-0.2, -0.15) is 0 Å². The predicted molar refractivity (Wildman–Crippen MR) is 102 cm³/mol. The number of carboxylic acid groups (broad SMARTS) is 1. The second-order valence-electron chi connectivity index (χ2n) is 7.46. The lowest BCUT2D eigenvalue weighted by Gasteiger charge is -2.39. The fraction of sp³-hybridized carbons (Fsp3) is 0.625. The molecule has 1 rings (SSSR count). The minimum Gasteiger partial charge on any atom is -0.465 e. The minimum absolute atomic E-state index is 0.0469. The number of nitrogens with one attached hydrogen (secondary N) is 1. The average molecular weight is 409 g/mol. The van der Waals surface area contributed by atoms with Crippen molar-refractivity contribution in [1.29, 1.82) is 0 Å². The quantitative estimate of drug-likeness (QED) is 0.578. The van der Waals surface area contributed by atoms with Crippen molar-refractivity contribution in [2.75, 3.05) is 6.54 Å². The molecule has 0 aliphatic heterocycles. The lowest BCUT2D eigenvalue weighted by molar-refractivity contribution is 0.0847. The zero-order chi connectivity index (χ0) is 19.4. The van der Waals surface area contributed by atoms with Crippen LogP contribution >= 0.6 is 23.2 Å². The third-order valence-electron chi connectivity index (χ3n) is 4.46. The van der Waals surface area contributed by atoms with Gasteiger partial charge in [0.25, 0.3) is 0 Å². The standard InChI is InChI=1S/C16H26Cl2N2O4Si/c1-16(2,3)25(4,5)24-10(7-20-15(22)23)6-13(21)11-8-19-9-12(17)14(11)18/h8-10,13,20-21H,6-7H2,1-5H3,(H,22,23)/t10-,13+/m1/s1. The van der Waals surface area contributed by atoms with Gasteiger partial charge in [0.2, 0.25) is 0 Å². The molecule has 9 heteroatoms. The molecule has 0 aliphatic carbocycles. The van der Waals surface area contributed by atoms with Crippen molar-refractivity contribution in [2.24, 2.45) is 0 Å². The van der Waals surface area contributed by atoms with Crippen LogP contribution in [0.2, 0.25) is 28.2 Å². The van der Waals surface area contributed by atoms with Gasteiger partial charge in [0.1, 0.15) is 0 Å². The maximum absolute atomic E-state index is 10.9. The van der Waals surface area contributed by atoms with E-state index in [2.05, 4.69) is 44.2 Å². The normalized spacial score (nSPS) is 14.9. The molecule has 0 saturated carbocycles. The van der Waals surface area contributed by atoms with Gasteiger partial charge in [-0.05, 0) is 18.1 Å². The first-order valence-electron chi connectivity index (χ1n) is 7.96. The molecule has 0 fully saturated rings. The Morgan fingerprint density at radius 3 is 2.48 bits per heavy atom. The number of nitrogens with zero attached hydrogens (tertiary/aromatic N) is 1. The first-order chi connectivity index (χ1) is 11.3. The maximum Gasteiger partial charge on any atom is 0.404 e. The molecule has 142 valence electrons. The summed E-state index contributed by atoms with van der Waals surface area (Å²) in [5.74, 6) is 0. The Labute approximate surface area is 159 Å². The minimum atomic E-state index is -2.15. The topological polar surface area (TPSA) is 91.7 Å². The zero-order valence-electron chi connectivity index (χ0n) is 15.1. The number of rotatable bonds is 7. The number of amides is 1. The summed E-state index contributed by atoms with van der Waals surface area (Å²) in [6.45, 7) is 10.5. The van der Waals surface area contributed by atoms with Gasteiger partial charge in [0.05, 0.1) is 22.3 Å². The van der Waals surface area contributed by atoms with E-state index < -0.39 is 26.6 Å². The van der Waals surface area contributed by atoms with Crippen LogP contribution in [0.25, 0.3) is 0 Å². The van der Waals surface area contributed by atoms with E-state index in [4.69, 9.17) is 32.7 Å². The van der Waals surface area contributed by atoms with Gasteiger partial charge in [0.15, 0.2) is 8.32 Å². The lowest BCUT2D eigenvalue weighted by Crippen LogP contribution is -2.47. The van der Waals surface area contributed by atoms with Gasteiger partial charge in [-0.1, -0.05) is 44.0 Å². The fourth-order valence-corrected chi connectivity index (χ4v) is 3.77. The summed E-state index contributed by atoms with van der Waals surface area (Å²) in [6, 6.07) is 0. The molecule has 0 aromatic carbocycles. The highest BCUT2D eigenvalue weighted by Crippen LogP contribution is 2.38. The molecule has 0 spiro atoms. The van der Waals surface area contributed by atoms with Crippen molar-refractivity contribution in [2.45, 2.75) is 57.5 Å². The highest BCUT2D eigenvalue weighted by atomic mass is 35.5. The first-order valence-corrected chi connectivity index (χ1v) is 11.6. The highest BCUT2D eigenvalue weighted by molar-refractivity contribution is 6.74. The van der Waals surface area contributed by atoms with Gasteiger partial charge in [0, 0.05) is 30.9 Å². The van der Waals surface area contributed by atoms with Gasteiger partial charge in [-0.15, -0.1) is 0 Å². The smallest absolute Gasteiger partial charge is 0.404 e. The number of hydrogen-bond acceptors (Lipinski definition) is 4. The van der Waals surface area contributed by atoms with Crippen LogP contribution in [0.3, 0.4) is 0 Å². The Balaban J connectivity index is 2.96. The molecule has 6 nitrogen and oxygen atoms in total. The van der Waals surface area contributed by atoms with E-state index in [0.29, 0.717) is 5.56 Å². The Morgan fingerprint density at radius 1 is 1.36 bits per heavy atom. The van der Waals surface area contributed by atoms with Crippen molar-refractivity contribution in [3.63, 3.8) is 0 Å². The van der Waals surface area contributed by atoms with Gasteiger partial charge in [-0.3, -0.25) is 4.98 Å². The van der Waals surface area contributed by atoms with Crippen LogP contribution in [-0.2, 0) is 4.43 Å². The molecule has 2 atom stereocenters. The van der Waals surface area contributed by atoms with E-state index in [1.165, 1.54) is 12.4 Å². The molecule has 1 amide bonds. The molecule has 1 aromatic rings. The first kappa shape index (κ1) is 22.2. The van der Waals surface area contributed by atoms with Gasteiger partial charge in [-0.25, -0.2) is 4.79 Å². The number of aliphatic hydroxyl groups excluding tert-OH is 1. The SMILES string of the molecule is CC(C)(C)[Si](C)(C)O[C@@H](CNC(=O)O)C[C@H](O)c1cncc(Cl)c1Cl. The van der Waals surface area contributed by atoms with E-state index >= 15 is 0 Å². The zero-order valence-corrected chi connectivity index (χ0v) is 17.6. The summed E-state index contributed by atoms with van der Waals surface area (Å²) < 4.78 is 6.27. The van der Waals surface area contributed by atoms with E-state index in [-0.39, 0.29) is 28.0 Å². The molecular weight excluding hydrogens is 383 g/mol. The molecule has 0 unspecified atom stereocenters. The second-order valence-corrected chi connectivity index (χ2v) is 13.0. The molecule has 25 heavy (non-hydrogen) atoms. The molecule has 1 heterocycles. The van der Waals surface area contributed by atoms with Crippen molar-refractivity contribution in [3.05, 3.63) is 28.0 Å². The fourth-order valence-electron chi connectivity index (χ4n) is 2.01. The lowest BCUT2D eigenvalue weighted by atomic mass is 10.1. The van der Waals surface area contributed by atoms with Crippen molar-refractivity contribution in [1.82, 2.24) is 10.3 Å².